The molecule has 0 aliphatic rings. The average Bonchev–Trinajstić information content (AvgIpc) is 2.36. The minimum atomic E-state index is -1.65. The number of anilines is 1. The Bertz CT molecular complexity index is 450. The van der Waals surface area contributed by atoms with Crippen molar-refractivity contribution in [2.45, 2.75) is 19.3 Å². The number of para-hydroxylation sites is 1. The number of thioether (sulfide) groups is 1. The van der Waals surface area contributed by atoms with E-state index < -0.39 is 6.08 Å². The molecule has 0 aliphatic heterocycles. The van der Waals surface area contributed by atoms with Crippen LogP contribution in [0.5, 0.6) is 0 Å². The van der Waals surface area contributed by atoms with Gasteiger partial charge in [-0.25, -0.2) is 0 Å². The van der Waals surface area contributed by atoms with Crippen LogP contribution in [0.25, 0.3) is 0 Å². The van der Waals surface area contributed by atoms with Crippen LogP contribution in [0, 0.1) is 0 Å². The molecule has 1 rings (SSSR count). The van der Waals surface area contributed by atoms with Gasteiger partial charge in [0.05, 0.1) is 10.7 Å². The molecule has 0 aliphatic carbocycles. The second kappa shape index (κ2) is 8.93. The third-order valence-electron chi connectivity index (χ3n) is 2.24. The van der Waals surface area contributed by atoms with Crippen LogP contribution >= 0.6 is 23.4 Å². The minimum Gasteiger partial charge on any atom is -0.315 e. The zero-order valence-corrected chi connectivity index (χ0v) is 11.7. The number of halogens is 3. The molecule has 1 aromatic rings. The van der Waals surface area contributed by atoms with E-state index in [0.29, 0.717) is 35.7 Å². The highest BCUT2D eigenvalue weighted by Crippen LogP contribution is 2.22. The van der Waals surface area contributed by atoms with Gasteiger partial charge in [-0.05, 0) is 37.5 Å². The normalized spacial score (nSPS) is 10.1. The Balaban J connectivity index is 2.19. The summed E-state index contributed by atoms with van der Waals surface area (Å²) in [4.78, 5) is 11.6. The van der Waals surface area contributed by atoms with E-state index >= 15 is 0 Å². The lowest BCUT2D eigenvalue weighted by atomic mass is 10.2. The number of nitrogens with one attached hydrogen (secondary N) is 1. The summed E-state index contributed by atoms with van der Waals surface area (Å²) in [6.45, 7) is 0. The average molecular weight is 306 g/mol. The molecule has 2 nitrogen and oxygen atoms in total. The Kier molecular flexibility index (Phi) is 7.52. The standard InChI is InChI=1S/C13H14ClF2NOS/c14-10-6-3-4-7-11(10)17-13(18)19-9-5-1-2-8-12(15)16/h3-4,6-8H,1-2,5,9H2,(H,17,18). The fourth-order valence-electron chi connectivity index (χ4n) is 1.33. The third kappa shape index (κ3) is 7.18. The molecule has 0 fully saturated rings. The Labute approximate surface area is 120 Å². The molecular weight excluding hydrogens is 292 g/mol. The number of rotatable bonds is 6. The van der Waals surface area contributed by atoms with Gasteiger partial charge in [0.1, 0.15) is 0 Å². The first kappa shape index (κ1) is 16.0. The van der Waals surface area contributed by atoms with Gasteiger partial charge in [-0.2, -0.15) is 8.78 Å². The van der Waals surface area contributed by atoms with Gasteiger partial charge in [0.15, 0.2) is 0 Å². The number of allylic oxidation sites excluding steroid dienone is 1. The quantitative estimate of drug-likeness (QED) is 0.697. The van der Waals surface area contributed by atoms with Crippen molar-refractivity contribution in [3.63, 3.8) is 0 Å². The SMILES string of the molecule is O=C(Nc1ccccc1Cl)SCCCCC=C(F)F. The molecule has 1 N–H and O–H groups in total. The van der Waals surface area contributed by atoms with Crippen molar-refractivity contribution < 1.29 is 13.6 Å². The summed E-state index contributed by atoms with van der Waals surface area (Å²) >= 11 is 7.02. The van der Waals surface area contributed by atoms with Crippen LogP contribution in [0.15, 0.2) is 36.4 Å². The summed E-state index contributed by atoms with van der Waals surface area (Å²) in [5.41, 5.74) is 0.573. The second-order valence-electron chi connectivity index (χ2n) is 3.73. The molecule has 0 saturated carbocycles. The van der Waals surface area contributed by atoms with Crippen LogP contribution in [0.1, 0.15) is 19.3 Å². The molecular formula is C13H14ClF2NOS. The van der Waals surface area contributed by atoms with Gasteiger partial charge in [-0.1, -0.05) is 35.5 Å². The molecule has 104 valence electrons. The first-order valence-electron chi connectivity index (χ1n) is 5.79. The highest BCUT2D eigenvalue weighted by atomic mass is 35.5. The molecule has 0 bridgehead atoms. The molecule has 1 amide bonds. The number of amides is 1. The lowest BCUT2D eigenvalue weighted by molar-refractivity contribution is 0.269. The van der Waals surface area contributed by atoms with Crippen LogP contribution in [0.2, 0.25) is 5.02 Å². The van der Waals surface area contributed by atoms with Gasteiger partial charge in [-0.15, -0.1) is 0 Å². The van der Waals surface area contributed by atoms with E-state index in [0.717, 1.165) is 17.8 Å². The number of unbranched alkanes of at least 4 members (excludes halogenated alkanes) is 2. The van der Waals surface area contributed by atoms with E-state index in [4.69, 9.17) is 11.6 Å². The van der Waals surface area contributed by atoms with Crippen LogP contribution in [-0.2, 0) is 0 Å². The third-order valence-corrected chi connectivity index (χ3v) is 3.43. The molecule has 0 atom stereocenters. The summed E-state index contributed by atoms with van der Waals surface area (Å²) in [5, 5.41) is 2.97. The number of hydrogen-bond donors (Lipinski definition) is 1. The van der Waals surface area contributed by atoms with E-state index in [1.165, 1.54) is 0 Å². The number of carbonyl (C=O) groups is 1. The zero-order chi connectivity index (χ0) is 14.1. The molecule has 6 heteroatoms. The maximum absolute atomic E-state index is 11.7. The van der Waals surface area contributed by atoms with Crippen molar-refractivity contribution in [3.8, 4) is 0 Å². The highest BCUT2D eigenvalue weighted by Gasteiger charge is 2.05. The van der Waals surface area contributed by atoms with Gasteiger partial charge in [0, 0.05) is 5.75 Å². The first-order chi connectivity index (χ1) is 9.09. The predicted octanol–water partition coefficient (Wildman–Crippen LogP) is 5.56. The van der Waals surface area contributed by atoms with E-state index in [9.17, 15) is 13.6 Å². The highest BCUT2D eigenvalue weighted by molar-refractivity contribution is 8.13. The van der Waals surface area contributed by atoms with E-state index in [-0.39, 0.29) is 5.24 Å². The van der Waals surface area contributed by atoms with Gasteiger partial charge in [0.25, 0.3) is 11.3 Å². The summed E-state index contributed by atoms with van der Waals surface area (Å²) < 4.78 is 23.5. The zero-order valence-electron chi connectivity index (χ0n) is 10.2. The lowest BCUT2D eigenvalue weighted by Gasteiger charge is -2.05. The summed E-state index contributed by atoms with van der Waals surface area (Å²) in [6, 6.07) is 6.97. The van der Waals surface area contributed by atoms with Crippen molar-refractivity contribution in [3.05, 3.63) is 41.4 Å². The van der Waals surface area contributed by atoms with Gasteiger partial charge < -0.3 is 5.32 Å². The Hall–Kier alpha value is -1.07. The van der Waals surface area contributed by atoms with Crippen molar-refractivity contribution in [2.75, 3.05) is 11.1 Å². The monoisotopic (exact) mass is 305 g/mol. The minimum absolute atomic E-state index is 0.194. The Morgan fingerprint density at radius 2 is 2.05 bits per heavy atom. The topological polar surface area (TPSA) is 29.1 Å². The molecule has 0 heterocycles. The molecule has 0 unspecified atom stereocenters. The molecule has 1 aromatic carbocycles. The van der Waals surface area contributed by atoms with Crippen molar-refractivity contribution >= 4 is 34.3 Å². The van der Waals surface area contributed by atoms with Gasteiger partial charge in [-0.3, -0.25) is 4.79 Å². The maximum Gasteiger partial charge on any atom is 0.283 e. The Morgan fingerprint density at radius 1 is 1.32 bits per heavy atom. The predicted molar refractivity (Wildman–Crippen MR) is 77.1 cm³/mol. The van der Waals surface area contributed by atoms with Crippen molar-refractivity contribution in [1.29, 1.82) is 0 Å². The number of benzene rings is 1. The first-order valence-corrected chi connectivity index (χ1v) is 7.15. The summed E-state index contributed by atoms with van der Waals surface area (Å²) in [5.74, 6) is 0.595. The van der Waals surface area contributed by atoms with Gasteiger partial charge in [0.2, 0.25) is 0 Å². The number of hydrogen-bond acceptors (Lipinski definition) is 2. The van der Waals surface area contributed by atoms with Crippen molar-refractivity contribution in [1.82, 2.24) is 0 Å². The Morgan fingerprint density at radius 3 is 2.74 bits per heavy atom. The smallest absolute Gasteiger partial charge is 0.283 e. The fraction of sp³-hybridized carbons (Fsp3) is 0.308. The summed E-state index contributed by atoms with van der Waals surface area (Å²) in [6.07, 6.45) is 0.946. The van der Waals surface area contributed by atoms with E-state index in [1.807, 2.05) is 0 Å². The van der Waals surface area contributed by atoms with E-state index in [1.54, 1.807) is 24.3 Å². The second-order valence-corrected chi connectivity index (χ2v) is 5.21. The fourth-order valence-corrected chi connectivity index (χ4v) is 2.23. The van der Waals surface area contributed by atoms with Crippen LogP contribution < -0.4 is 5.32 Å². The number of carbonyl (C=O) groups excluding carboxylic acids is 1. The molecule has 19 heavy (non-hydrogen) atoms. The maximum atomic E-state index is 11.7. The van der Waals surface area contributed by atoms with Crippen LogP contribution in [0.3, 0.4) is 0 Å². The van der Waals surface area contributed by atoms with Crippen molar-refractivity contribution in [2.24, 2.45) is 0 Å². The largest absolute Gasteiger partial charge is 0.315 e. The lowest BCUT2D eigenvalue weighted by Crippen LogP contribution is -2.06. The van der Waals surface area contributed by atoms with Crippen LogP contribution in [-0.4, -0.2) is 11.0 Å². The molecule has 0 aromatic heterocycles. The van der Waals surface area contributed by atoms with Gasteiger partial charge >= 0.3 is 0 Å². The van der Waals surface area contributed by atoms with Crippen LogP contribution in [0.4, 0.5) is 19.3 Å². The van der Waals surface area contributed by atoms with E-state index in [2.05, 4.69) is 5.32 Å². The molecule has 0 radical (unpaired) electrons. The molecule has 0 saturated heterocycles. The molecule has 0 spiro atoms. The summed E-state index contributed by atoms with van der Waals surface area (Å²) in [7, 11) is 0.